The summed E-state index contributed by atoms with van der Waals surface area (Å²) in [5, 5.41) is 3.34. The van der Waals surface area contributed by atoms with Gasteiger partial charge in [-0.25, -0.2) is 0 Å². The Morgan fingerprint density at radius 1 is 1.05 bits per heavy atom. The fraction of sp³-hybridized carbons (Fsp3) is 0.250. The standard InChI is InChI=1S/C16H20N2O/c1-19-16-9-7-15(8-10-16)18-12-14(17)11-13-5-3-2-4-6-13/h2-10,14,18H,11-12,17H2,1H3/t14-/m0/s1. The normalized spacial score (nSPS) is 11.9. The predicted octanol–water partition coefficient (Wildman–Crippen LogP) is 2.68. The molecule has 3 N–H and O–H groups in total. The molecule has 2 rings (SSSR count). The van der Waals surface area contributed by atoms with E-state index in [0.29, 0.717) is 0 Å². The van der Waals surface area contributed by atoms with Gasteiger partial charge in [-0.15, -0.1) is 0 Å². The highest BCUT2D eigenvalue weighted by molar-refractivity contribution is 5.46. The minimum atomic E-state index is 0.101. The molecule has 0 aliphatic rings. The predicted molar refractivity (Wildman–Crippen MR) is 79.6 cm³/mol. The number of hydrogen-bond acceptors (Lipinski definition) is 3. The molecule has 3 heteroatoms. The van der Waals surface area contributed by atoms with E-state index in [1.54, 1.807) is 7.11 Å². The number of rotatable bonds is 6. The van der Waals surface area contributed by atoms with Crippen LogP contribution in [0.5, 0.6) is 5.75 Å². The Balaban J connectivity index is 1.81. The highest BCUT2D eigenvalue weighted by Crippen LogP contribution is 2.14. The Morgan fingerprint density at radius 3 is 2.37 bits per heavy atom. The fourth-order valence-electron chi connectivity index (χ4n) is 1.95. The third-order valence-electron chi connectivity index (χ3n) is 3.00. The largest absolute Gasteiger partial charge is 0.497 e. The molecule has 0 saturated heterocycles. The Labute approximate surface area is 114 Å². The third kappa shape index (κ3) is 4.30. The van der Waals surface area contributed by atoms with Crippen LogP contribution in [-0.4, -0.2) is 19.7 Å². The Bertz CT molecular complexity index is 482. The monoisotopic (exact) mass is 256 g/mol. The molecular formula is C16H20N2O. The Morgan fingerprint density at radius 2 is 1.74 bits per heavy atom. The molecule has 3 nitrogen and oxygen atoms in total. The quantitative estimate of drug-likeness (QED) is 0.835. The van der Waals surface area contributed by atoms with E-state index < -0.39 is 0 Å². The van der Waals surface area contributed by atoms with Gasteiger partial charge in [-0.05, 0) is 36.2 Å². The lowest BCUT2D eigenvalue weighted by molar-refractivity contribution is 0.415. The lowest BCUT2D eigenvalue weighted by Gasteiger charge is -2.14. The molecule has 0 bridgehead atoms. The van der Waals surface area contributed by atoms with Crippen LogP contribution < -0.4 is 15.8 Å². The summed E-state index contributed by atoms with van der Waals surface area (Å²) >= 11 is 0. The first-order valence-electron chi connectivity index (χ1n) is 6.45. The molecule has 0 saturated carbocycles. The summed E-state index contributed by atoms with van der Waals surface area (Å²) in [6.45, 7) is 0.751. The molecule has 0 unspecified atom stereocenters. The van der Waals surface area contributed by atoms with Gasteiger partial charge < -0.3 is 15.8 Å². The minimum Gasteiger partial charge on any atom is -0.497 e. The van der Waals surface area contributed by atoms with Gasteiger partial charge >= 0.3 is 0 Å². The van der Waals surface area contributed by atoms with E-state index >= 15 is 0 Å². The molecule has 0 aliphatic carbocycles. The van der Waals surface area contributed by atoms with Crippen molar-refractivity contribution in [3.05, 3.63) is 60.2 Å². The molecule has 0 aromatic heterocycles. The van der Waals surface area contributed by atoms with Gasteiger partial charge in [0.2, 0.25) is 0 Å². The topological polar surface area (TPSA) is 47.3 Å². The minimum absolute atomic E-state index is 0.101. The van der Waals surface area contributed by atoms with Gasteiger partial charge in [0.1, 0.15) is 5.75 Å². The van der Waals surface area contributed by atoms with Crippen LogP contribution in [0.1, 0.15) is 5.56 Å². The average Bonchev–Trinajstić information content (AvgIpc) is 2.47. The first-order chi connectivity index (χ1) is 9.28. The van der Waals surface area contributed by atoms with E-state index in [1.165, 1.54) is 5.56 Å². The van der Waals surface area contributed by atoms with E-state index in [1.807, 2.05) is 42.5 Å². The van der Waals surface area contributed by atoms with Crippen LogP contribution in [0, 0.1) is 0 Å². The molecule has 2 aromatic carbocycles. The number of nitrogens with one attached hydrogen (secondary N) is 1. The van der Waals surface area contributed by atoms with Gasteiger partial charge in [0.25, 0.3) is 0 Å². The fourth-order valence-corrected chi connectivity index (χ4v) is 1.95. The van der Waals surface area contributed by atoms with Crippen molar-refractivity contribution in [2.75, 3.05) is 19.0 Å². The zero-order valence-electron chi connectivity index (χ0n) is 11.2. The maximum absolute atomic E-state index is 6.12. The van der Waals surface area contributed by atoms with E-state index in [4.69, 9.17) is 10.5 Å². The van der Waals surface area contributed by atoms with Crippen molar-refractivity contribution in [3.8, 4) is 5.75 Å². The summed E-state index contributed by atoms with van der Waals surface area (Å²) < 4.78 is 5.12. The Kier molecular flexibility index (Phi) is 4.81. The summed E-state index contributed by atoms with van der Waals surface area (Å²) in [4.78, 5) is 0. The van der Waals surface area contributed by atoms with Crippen LogP contribution in [0.4, 0.5) is 5.69 Å². The average molecular weight is 256 g/mol. The Hall–Kier alpha value is -2.00. The van der Waals surface area contributed by atoms with E-state index in [9.17, 15) is 0 Å². The van der Waals surface area contributed by atoms with Crippen molar-refractivity contribution in [2.45, 2.75) is 12.5 Å². The zero-order valence-corrected chi connectivity index (χ0v) is 11.2. The van der Waals surface area contributed by atoms with Crippen LogP contribution in [-0.2, 0) is 6.42 Å². The van der Waals surface area contributed by atoms with Crippen LogP contribution >= 0.6 is 0 Å². The van der Waals surface area contributed by atoms with Crippen molar-refractivity contribution in [2.24, 2.45) is 5.73 Å². The summed E-state index contributed by atoms with van der Waals surface area (Å²) in [5.74, 6) is 0.860. The van der Waals surface area contributed by atoms with Crippen molar-refractivity contribution >= 4 is 5.69 Å². The molecule has 0 heterocycles. The van der Waals surface area contributed by atoms with Crippen molar-refractivity contribution in [3.63, 3.8) is 0 Å². The molecule has 0 aliphatic heterocycles. The second-order valence-electron chi connectivity index (χ2n) is 4.56. The molecule has 0 radical (unpaired) electrons. The highest BCUT2D eigenvalue weighted by Gasteiger charge is 2.03. The summed E-state index contributed by atoms with van der Waals surface area (Å²) in [7, 11) is 1.66. The number of benzene rings is 2. The van der Waals surface area contributed by atoms with Gasteiger partial charge in [0.05, 0.1) is 7.11 Å². The number of anilines is 1. The van der Waals surface area contributed by atoms with Crippen LogP contribution in [0.25, 0.3) is 0 Å². The van der Waals surface area contributed by atoms with Crippen LogP contribution in [0.2, 0.25) is 0 Å². The number of nitrogens with two attached hydrogens (primary N) is 1. The maximum atomic E-state index is 6.12. The summed E-state index contributed by atoms with van der Waals surface area (Å²) in [6.07, 6.45) is 0.879. The van der Waals surface area contributed by atoms with Crippen molar-refractivity contribution < 1.29 is 4.74 Å². The van der Waals surface area contributed by atoms with Gasteiger partial charge in [-0.2, -0.15) is 0 Å². The van der Waals surface area contributed by atoms with Crippen molar-refractivity contribution in [1.29, 1.82) is 0 Å². The second-order valence-corrected chi connectivity index (χ2v) is 4.56. The summed E-state index contributed by atoms with van der Waals surface area (Å²) in [6, 6.07) is 18.3. The third-order valence-corrected chi connectivity index (χ3v) is 3.00. The molecule has 0 amide bonds. The zero-order chi connectivity index (χ0) is 13.5. The maximum Gasteiger partial charge on any atom is 0.119 e. The van der Waals surface area contributed by atoms with Gasteiger partial charge in [0.15, 0.2) is 0 Å². The first kappa shape index (κ1) is 13.4. The lowest BCUT2D eigenvalue weighted by Crippen LogP contribution is -2.31. The number of ether oxygens (including phenoxy) is 1. The molecule has 1 atom stereocenters. The van der Waals surface area contributed by atoms with Crippen LogP contribution in [0.3, 0.4) is 0 Å². The molecule has 2 aromatic rings. The number of methoxy groups -OCH3 is 1. The van der Waals surface area contributed by atoms with Crippen molar-refractivity contribution in [1.82, 2.24) is 0 Å². The number of hydrogen-bond donors (Lipinski definition) is 2. The smallest absolute Gasteiger partial charge is 0.119 e. The van der Waals surface area contributed by atoms with Crippen LogP contribution in [0.15, 0.2) is 54.6 Å². The van der Waals surface area contributed by atoms with Gasteiger partial charge in [-0.3, -0.25) is 0 Å². The van der Waals surface area contributed by atoms with E-state index in [2.05, 4.69) is 17.4 Å². The second kappa shape index (κ2) is 6.81. The molecule has 19 heavy (non-hydrogen) atoms. The lowest BCUT2D eigenvalue weighted by atomic mass is 10.1. The summed E-state index contributed by atoms with van der Waals surface area (Å²) in [5.41, 5.74) is 8.45. The van der Waals surface area contributed by atoms with Gasteiger partial charge in [-0.1, -0.05) is 30.3 Å². The SMILES string of the molecule is COc1ccc(NC[C@@H](N)Cc2ccccc2)cc1. The van der Waals surface area contributed by atoms with Gasteiger partial charge in [0, 0.05) is 18.3 Å². The molecule has 0 spiro atoms. The molecule has 0 fully saturated rings. The van der Waals surface area contributed by atoms with E-state index in [0.717, 1.165) is 24.4 Å². The highest BCUT2D eigenvalue weighted by atomic mass is 16.5. The first-order valence-corrected chi connectivity index (χ1v) is 6.45. The molecular weight excluding hydrogens is 236 g/mol. The van der Waals surface area contributed by atoms with E-state index in [-0.39, 0.29) is 6.04 Å². The molecule has 100 valence electrons.